The van der Waals surface area contributed by atoms with Gasteiger partial charge in [0.15, 0.2) is 5.71 Å². The van der Waals surface area contributed by atoms with E-state index in [0.29, 0.717) is 22.9 Å². The van der Waals surface area contributed by atoms with Crippen LogP contribution in [0.15, 0.2) is 94.4 Å². The molecule has 0 aliphatic carbocycles. The summed E-state index contributed by atoms with van der Waals surface area (Å²) < 4.78 is 96.2. The van der Waals surface area contributed by atoms with E-state index in [4.69, 9.17) is 4.84 Å². The van der Waals surface area contributed by atoms with Gasteiger partial charge in [0, 0.05) is 73.9 Å². The molecule has 324 valence electrons. The van der Waals surface area contributed by atoms with Crippen LogP contribution < -0.4 is 4.90 Å². The topological polar surface area (TPSA) is 216 Å². The molecule has 60 heavy (non-hydrogen) atoms. The van der Waals surface area contributed by atoms with Gasteiger partial charge in [-0.25, -0.2) is 17.5 Å². The first-order valence-electron chi connectivity index (χ1n) is 19.3. The monoisotopic (exact) mass is 887 g/mol. The molecule has 2 amide bonds. The number of carbonyl (C=O) groups excluding carboxylic acids is 3. The Labute approximate surface area is 351 Å². The number of anilines is 1. The first kappa shape index (κ1) is 46.3. The molecule has 3 heterocycles. The lowest BCUT2D eigenvalue weighted by molar-refractivity contribution is -0.433. The smallest absolute Gasteiger partial charge is 0.333 e. The highest BCUT2D eigenvalue weighted by Crippen LogP contribution is 2.48. The molecule has 0 unspecified atom stereocenters. The summed E-state index contributed by atoms with van der Waals surface area (Å²) in [5.41, 5.74) is 3.37. The number of hydrogen-bond donors (Lipinski definition) is 2. The first-order valence-corrected chi connectivity index (χ1v) is 23.8. The summed E-state index contributed by atoms with van der Waals surface area (Å²) in [6.07, 6.45) is 12.9. The fourth-order valence-electron chi connectivity index (χ4n) is 7.65. The van der Waals surface area contributed by atoms with Crippen LogP contribution in [0.3, 0.4) is 0 Å². The molecular formula is C41H51N4O12S3+. The van der Waals surface area contributed by atoms with Crippen molar-refractivity contribution in [3.8, 4) is 0 Å². The van der Waals surface area contributed by atoms with Crippen molar-refractivity contribution in [2.24, 2.45) is 0 Å². The van der Waals surface area contributed by atoms with Crippen LogP contribution in [-0.4, -0.2) is 104 Å². The second-order valence-corrected chi connectivity index (χ2v) is 20.7. The number of allylic oxidation sites excluding steroid dienone is 8. The van der Waals surface area contributed by atoms with Crippen LogP contribution in [0.1, 0.15) is 77.8 Å². The van der Waals surface area contributed by atoms with Gasteiger partial charge in [0.05, 0.1) is 21.0 Å². The van der Waals surface area contributed by atoms with E-state index in [1.165, 1.54) is 19.2 Å². The highest BCUT2D eigenvalue weighted by atomic mass is 32.2. The number of benzene rings is 2. The quantitative estimate of drug-likeness (QED) is 0.0931. The number of fused-ring (bicyclic) bond motifs is 2. The molecule has 3 aliphatic heterocycles. The number of imide groups is 1. The minimum Gasteiger partial charge on any atom is -0.344 e. The number of nitrogens with zero attached hydrogens (tertiary/aromatic N) is 4. The third kappa shape index (κ3) is 9.87. The molecule has 0 saturated carbocycles. The van der Waals surface area contributed by atoms with Gasteiger partial charge in [-0.05, 0) is 75.6 Å². The lowest BCUT2D eigenvalue weighted by atomic mass is 9.81. The normalized spacial score (nSPS) is 18.6. The maximum absolute atomic E-state index is 13.6. The molecule has 5 rings (SSSR count). The van der Waals surface area contributed by atoms with E-state index in [9.17, 15) is 48.7 Å². The van der Waals surface area contributed by atoms with Crippen LogP contribution in [0.25, 0.3) is 0 Å². The summed E-state index contributed by atoms with van der Waals surface area (Å²) in [6.45, 7) is 10.7. The van der Waals surface area contributed by atoms with Crippen LogP contribution in [0.2, 0.25) is 0 Å². The molecule has 1 fully saturated rings. The Morgan fingerprint density at radius 3 is 2.10 bits per heavy atom. The second kappa shape index (κ2) is 17.7. The average molecular weight is 888 g/mol. The number of hydrogen-bond acceptors (Lipinski definition) is 11. The molecular weight excluding hydrogens is 837 g/mol. The molecule has 0 bridgehead atoms. The van der Waals surface area contributed by atoms with Crippen molar-refractivity contribution in [2.45, 2.75) is 87.3 Å². The van der Waals surface area contributed by atoms with Crippen LogP contribution in [0, 0.1) is 0 Å². The van der Waals surface area contributed by atoms with Crippen molar-refractivity contribution in [3.05, 3.63) is 95.8 Å². The Hall–Kier alpha value is -4.79. The largest absolute Gasteiger partial charge is 0.344 e. The second-order valence-electron chi connectivity index (χ2n) is 15.7. The summed E-state index contributed by atoms with van der Waals surface area (Å²) in [5.74, 6) is -2.43. The van der Waals surface area contributed by atoms with E-state index in [-0.39, 0.29) is 55.0 Å². The van der Waals surface area contributed by atoms with Gasteiger partial charge in [-0.15, -0.1) is 5.06 Å². The molecule has 16 nitrogen and oxygen atoms in total. The Morgan fingerprint density at radius 2 is 1.47 bits per heavy atom. The molecule has 0 spiro atoms. The Bertz CT molecular complexity index is 2560. The van der Waals surface area contributed by atoms with Gasteiger partial charge < -0.3 is 9.74 Å². The molecule has 2 aromatic carbocycles. The summed E-state index contributed by atoms with van der Waals surface area (Å²) in [7, 11) is -11.2. The maximum Gasteiger partial charge on any atom is 0.333 e. The van der Waals surface area contributed by atoms with Crippen molar-refractivity contribution < 1.29 is 58.2 Å². The summed E-state index contributed by atoms with van der Waals surface area (Å²) >= 11 is 0. The van der Waals surface area contributed by atoms with Gasteiger partial charge in [-0.1, -0.05) is 44.2 Å². The SMILES string of the molecule is CC[N+]1=C(/C=C/C=C/C=C/C=C2/N(CCCS(=O)(=O)O)c3ccc(S(=O)(=O)O)cc3C2(C)C)C(C)(C)c2cc(S(=O)(=O)N(C)CCCC(=O)ON3C(=O)CCC3=O)ccc21. The van der Waals surface area contributed by atoms with Gasteiger partial charge >= 0.3 is 5.97 Å². The van der Waals surface area contributed by atoms with E-state index in [0.717, 1.165) is 27.0 Å². The Kier molecular flexibility index (Phi) is 13.6. The molecule has 2 aromatic rings. The van der Waals surface area contributed by atoms with E-state index < -0.39 is 64.6 Å². The predicted molar refractivity (Wildman–Crippen MR) is 224 cm³/mol. The molecule has 19 heteroatoms. The third-order valence-electron chi connectivity index (χ3n) is 10.8. The number of carbonyl (C=O) groups is 3. The molecule has 0 aromatic heterocycles. The molecule has 0 radical (unpaired) electrons. The Morgan fingerprint density at radius 1 is 0.850 bits per heavy atom. The third-order valence-corrected chi connectivity index (χ3v) is 14.3. The van der Waals surface area contributed by atoms with Gasteiger partial charge in [0.2, 0.25) is 15.7 Å². The number of amides is 2. The fraction of sp³-hybridized carbons (Fsp3) is 0.415. The highest BCUT2D eigenvalue weighted by molar-refractivity contribution is 7.89. The van der Waals surface area contributed by atoms with Crippen LogP contribution >= 0.6 is 0 Å². The van der Waals surface area contributed by atoms with Crippen molar-refractivity contribution in [1.29, 1.82) is 0 Å². The van der Waals surface area contributed by atoms with Crippen molar-refractivity contribution in [3.63, 3.8) is 0 Å². The van der Waals surface area contributed by atoms with Gasteiger partial charge in [0.25, 0.3) is 32.1 Å². The van der Waals surface area contributed by atoms with E-state index in [2.05, 4.69) is 4.58 Å². The standard InChI is InChI=1S/C41H50N4O12S3/c1-7-43-33-20-18-29(59(52,53)42(6)24-13-17-39(48)57-45-37(46)22-23-38(45)47)27-31(33)40(2,3)35(43)15-11-9-8-10-12-16-36-41(4,5)32-28-30(60(54,55)56)19-21-34(32)44(36)25-14-26-58(49,50)51/h8-12,15-16,18-21,27-28H,7,13-14,17,22-26H2,1-6H3,(H-,49,50,51,54,55,56)/p+1. The van der Waals surface area contributed by atoms with Gasteiger partial charge in [-0.3, -0.25) is 18.7 Å². The molecule has 3 aliphatic rings. The maximum atomic E-state index is 13.6. The zero-order chi connectivity index (χ0) is 44.4. The average Bonchev–Trinajstić information content (AvgIpc) is 3.67. The van der Waals surface area contributed by atoms with Crippen molar-refractivity contribution >= 4 is 65.1 Å². The number of rotatable bonds is 17. The summed E-state index contributed by atoms with van der Waals surface area (Å²) in [6, 6.07) is 9.28. The molecule has 0 atom stereocenters. The van der Waals surface area contributed by atoms with Crippen LogP contribution in [0.5, 0.6) is 0 Å². The van der Waals surface area contributed by atoms with Gasteiger partial charge in [0.1, 0.15) is 6.54 Å². The van der Waals surface area contributed by atoms with Crippen LogP contribution in [-0.2, 0) is 60.3 Å². The molecule has 1 saturated heterocycles. The first-order chi connectivity index (χ1) is 27.9. The lowest BCUT2D eigenvalue weighted by Gasteiger charge is -2.27. The molecule has 2 N–H and O–H groups in total. The predicted octanol–water partition coefficient (Wildman–Crippen LogP) is 4.97. The zero-order valence-electron chi connectivity index (χ0n) is 34.4. The summed E-state index contributed by atoms with van der Waals surface area (Å²) in [4.78, 5) is 42.3. The lowest BCUT2D eigenvalue weighted by Crippen LogP contribution is -2.33. The minimum absolute atomic E-state index is 0.00248. The summed E-state index contributed by atoms with van der Waals surface area (Å²) in [5, 5.41) is 0.465. The minimum atomic E-state index is -4.47. The zero-order valence-corrected chi connectivity index (χ0v) is 36.8. The van der Waals surface area contributed by atoms with E-state index >= 15 is 0 Å². The van der Waals surface area contributed by atoms with Crippen molar-refractivity contribution in [1.82, 2.24) is 9.37 Å². The van der Waals surface area contributed by atoms with E-state index in [1.54, 1.807) is 36.4 Å². The fourth-order valence-corrected chi connectivity index (χ4v) is 9.89. The van der Waals surface area contributed by atoms with Crippen LogP contribution in [0.4, 0.5) is 11.4 Å². The highest BCUT2D eigenvalue weighted by Gasteiger charge is 2.45. The number of hydroxylamine groups is 2. The van der Waals surface area contributed by atoms with E-state index in [1.807, 2.05) is 69.9 Å². The van der Waals surface area contributed by atoms with Crippen molar-refractivity contribution in [2.75, 3.05) is 37.3 Å². The van der Waals surface area contributed by atoms with Gasteiger partial charge in [-0.2, -0.15) is 21.4 Å². The number of sulfonamides is 1. The Balaban J connectivity index is 1.27.